The predicted octanol–water partition coefficient (Wildman–Crippen LogP) is 2.68. The Morgan fingerprint density at radius 3 is 2.72 bits per heavy atom. The number of imidazole rings is 1. The van der Waals surface area contributed by atoms with Crippen LogP contribution in [0.3, 0.4) is 0 Å². The maximum Gasteiger partial charge on any atom is 0.309 e. The highest BCUT2D eigenvalue weighted by molar-refractivity contribution is 9.10. The molecule has 1 aromatic heterocycles. The van der Waals surface area contributed by atoms with Crippen LogP contribution in [0.1, 0.15) is 38.7 Å². The lowest BCUT2D eigenvalue weighted by Crippen LogP contribution is -2.29. The van der Waals surface area contributed by atoms with Crippen LogP contribution in [0.15, 0.2) is 4.60 Å². The molecule has 0 aliphatic carbocycles. The first-order valence-corrected chi connectivity index (χ1v) is 6.97. The fourth-order valence-electron chi connectivity index (χ4n) is 2.45. The van der Waals surface area contributed by atoms with E-state index in [0.29, 0.717) is 6.42 Å². The van der Waals surface area contributed by atoms with Gasteiger partial charge in [0.1, 0.15) is 10.4 Å². The quantitative estimate of drug-likeness (QED) is 0.749. The van der Waals surface area contributed by atoms with E-state index in [1.54, 1.807) is 0 Å². The smallest absolute Gasteiger partial charge is 0.309 e. The van der Waals surface area contributed by atoms with Crippen molar-refractivity contribution in [1.29, 1.82) is 0 Å². The molecule has 2 rings (SSSR count). The van der Waals surface area contributed by atoms with Crippen molar-refractivity contribution in [2.75, 3.05) is 7.11 Å². The molecule has 18 heavy (non-hydrogen) atoms. The topological polar surface area (TPSA) is 44.1 Å². The summed E-state index contributed by atoms with van der Waals surface area (Å²) in [6.07, 6.45) is 1.53. The standard InChI is InChI=1S/C13H19BrN2O2/c1-13(2,3)12-15-10(14)9-7-8(11(17)18-4)5-6-16(9)12/h8H,5-7H2,1-4H3. The first-order chi connectivity index (χ1) is 8.34. The van der Waals surface area contributed by atoms with E-state index in [1.165, 1.54) is 7.11 Å². The summed E-state index contributed by atoms with van der Waals surface area (Å²) >= 11 is 3.51. The van der Waals surface area contributed by atoms with Gasteiger partial charge in [0.2, 0.25) is 0 Å². The molecule has 1 aliphatic heterocycles. The molecule has 0 radical (unpaired) electrons. The van der Waals surface area contributed by atoms with Crippen molar-refractivity contribution in [2.24, 2.45) is 5.92 Å². The van der Waals surface area contributed by atoms with E-state index in [-0.39, 0.29) is 17.3 Å². The molecular formula is C13H19BrN2O2. The monoisotopic (exact) mass is 314 g/mol. The van der Waals surface area contributed by atoms with Gasteiger partial charge in [0.25, 0.3) is 0 Å². The van der Waals surface area contributed by atoms with Gasteiger partial charge < -0.3 is 9.30 Å². The second-order valence-corrected chi connectivity index (χ2v) is 6.54. The van der Waals surface area contributed by atoms with Crippen molar-refractivity contribution in [2.45, 2.75) is 45.6 Å². The zero-order valence-electron chi connectivity index (χ0n) is 11.3. The summed E-state index contributed by atoms with van der Waals surface area (Å²) in [5, 5.41) is 0. The average Bonchev–Trinajstić information content (AvgIpc) is 2.65. The van der Waals surface area contributed by atoms with Gasteiger partial charge in [-0.2, -0.15) is 0 Å². The van der Waals surface area contributed by atoms with Crippen molar-refractivity contribution < 1.29 is 9.53 Å². The zero-order chi connectivity index (χ0) is 13.5. The number of ether oxygens (including phenoxy) is 1. The normalized spacial score (nSPS) is 19.5. The summed E-state index contributed by atoms with van der Waals surface area (Å²) in [5.74, 6) is 0.919. The fraction of sp³-hybridized carbons (Fsp3) is 0.692. The number of methoxy groups -OCH3 is 1. The lowest BCUT2D eigenvalue weighted by molar-refractivity contribution is -0.146. The van der Waals surface area contributed by atoms with E-state index < -0.39 is 0 Å². The Hall–Kier alpha value is -0.840. The highest BCUT2D eigenvalue weighted by Gasteiger charge is 2.32. The second kappa shape index (κ2) is 4.68. The molecule has 100 valence electrons. The van der Waals surface area contributed by atoms with Gasteiger partial charge in [-0.25, -0.2) is 4.98 Å². The van der Waals surface area contributed by atoms with Gasteiger partial charge in [-0.3, -0.25) is 4.79 Å². The lowest BCUT2D eigenvalue weighted by atomic mass is 9.93. The van der Waals surface area contributed by atoms with Crippen molar-refractivity contribution in [3.8, 4) is 0 Å². The second-order valence-electron chi connectivity index (χ2n) is 5.79. The highest BCUT2D eigenvalue weighted by atomic mass is 79.9. The number of carbonyl (C=O) groups is 1. The van der Waals surface area contributed by atoms with Crippen LogP contribution in [0.2, 0.25) is 0 Å². The minimum absolute atomic E-state index is 0.0128. The Kier molecular flexibility index (Phi) is 3.54. The minimum Gasteiger partial charge on any atom is -0.469 e. The van der Waals surface area contributed by atoms with Gasteiger partial charge in [-0.1, -0.05) is 20.8 Å². The van der Waals surface area contributed by atoms with E-state index in [1.807, 2.05) is 0 Å². The van der Waals surface area contributed by atoms with Crippen LogP contribution in [0.5, 0.6) is 0 Å². The van der Waals surface area contributed by atoms with E-state index in [0.717, 1.165) is 29.1 Å². The summed E-state index contributed by atoms with van der Waals surface area (Å²) in [5.41, 5.74) is 1.13. The molecule has 0 N–H and O–H groups in total. The molecule has 0 aromatic carbocycles. The van der Waals surface area contributed by atoms with Crippen LogP contribution in [-0.2, 0) is 27.9 Å². The SMILES string of the molecule is COC(=O)C1CCn2c(C(C)(C)C)nc(Br)c2C1. The molecule has 1 aromatic rings. The first kappa shape index (κ1) is 13.6. The average molecular weight is 315 g/mol. The first-order valence-electron chi connectivity index (χ1n) is 6.17. The Balaban J connectivity index is 2.35. The summed E-state index contributed by atoms with van der Waals surface area (Å²) in [4.78, 5) is 16.2. The summed E-state index contributed by atoms with van der Waals surface area (Å²) in [6.45, 7) is 7.30. The van der Waals surface area contributed by atoms with Gasteiger partial charge in [0, 0.05) is 18.4 Å². The van der Waals surface area contributed by atoms with Crippen molar-refractivity contribution in [3.63, 3.8) is 0 Å². The van der Waals surface area contributed by atoms with Crippen molar-refractivity contribution in [1.82, 2.24) is 9.55 Å². The maximum absolute atomic E-state index is 11.6. The van der Waals surface area contributed by atoms with Gasteiger partial charge in [-0.05, 0) is 22.4 Å². The van der Waals surface area contributed by atoms with Crippen molar-refractivity contribution >= 4 is 21.9 Å². The number of halogens is 1. The third kappa shape index (κ3) is 2.32. The number of rotatable bonds is 1. The Morgan fingerprint density at radius 2 is 2.17 bits per heavy atom. The summed E-state index contributed by atoms with van der Waals surface area (Å²) in [7, 11) is 1.45. The molecule has 1 aliphatic rings. The molecule has 0 fully saturated rings. The van der Waals surface area contributed by atoms with Crippen molar-refractivity contribution in [3.05, 3.63) is 16.1 Å². The predicted molar refractivity (Wildman–Crippen MR) is 72.5 cm³/mol. The largest absolute Gasteiger partial charge is 0.469 e. The van der Waals surface area contributed by atoms with Gasteiger partial charge >= 0.3 is 5.97 Å². The molecule has 0 amide bonds. The van der Waals surface area contributed by atoms with Gasteiger partial charge in [0.15, 0.2) is 0 Å². The van der Waals surface area contributed by atoms with E-state index in [9.17, 15) is 4.79 Å². The summed E-state index contributed by atoms with van der Waals surface area (Å²) in [6, 6.07) is 0. The molecule has 4 nitrogen and oxygen atoms in total. The van der Waals surface area contributed by atoms with Crippen LogP contribution in [-0.4, -0.2) is 22.6 Å². The number of hydrogen-bond acceptors (Lipinski definition) is 3. The van der Waals surface area contributed by atoms with Gasteiger partial charge in [-0.15, -0.1) is 0 Å². The molecular weight excluding hydrogens is 296 g/mol. The number of hydrogen-bond donors (Lipinski definition) is 0. The fourth-order valence-corrected chi connectivity index (χ4v) is 3.00. The Morgan fingerprint density at radius 1 is 1.50 bits per heavy atom. The molecule has 2 heterocycles. The number of fused-ring (bicyclic) bond motifs is 1. The highest BCUT2D eigenvalue weighted by Crippen LogP contribution is 2.33. The third-order valence-corrected chi connectivity index (χ3v) is 4.00. The molecule has 0 bridgehead atoms. The molecule has 0 saturated carbocycles. The van der Waals surface area contributed by atoms with Crippen LogP contribution in [0.4, 0.5) is 0 Å². The number of carbonyl (C=O) groups excluding carboxylic acids is 1. The maximum atomic E-state index is 11.6. The zero-order valence-corrected chi connectivity index (χ0v) is 12.9. The van der Waals surface area contributed by atoms with Crippen LogP contribution >= 0.6 is 15.9 Å². The van der Waals surface area contributed by atoms with E-state index >= 15 is 0 Å². The Bertz CT molecular complexity index is 474. The van der Waals surface area contributed by atoms with Crippen LogP contribution < -0.4 is 0 Å². The number of nitrogens with zero attached hydrogens (tertiary/aromatic N) is 2. The number of aromatic nitrogens is 2. The summed E-state index contributed by atoms with van der Waals surface area (Å²) < 4.78 is 7.94. The third-order valence-electron chi connectivity index (χ3n) is 3.37. The molecule has 5 heteroatoms. The van der Waals surface area contributed by atoms with Gasteiger partial charge in [0.05, 0.1) is 18.7 Å². The minimum atomic E-state index is -0.119. The number of esters is 1. The molecule has 1 unspecified atom stereocenters. The molecule has 0 saturated heterocycles. The molecule has 1 atom stereocenters. The van der Waals surface area contributed by atoms with Crippen LogP contribution in [0.25, 0.3) is 0 Å². The lowest BCUT2D eigenvalue weighted by Gasteiger charge is -2.26. The van der Waals surface area contributed by atoms with Crippen LogP contribution in [0, 0.1) is 5.92 Å². The Labute approximate surface area is 116 Å². The van der Waals surface area contributed by atoms with E-state index in [4.69, 9.17) is 4.74 Å². The van der Waals surface area contributed by atoms with E-state index in [2.05, 4.69) is 46.3 Å². The molecule has 0 spiro atoms.